The first-order valence-electron chi connectivity index (χ1n) is 14.0. The maximum absolute atomic E-state index is 15.3. The van der Waals surface area contributed by atoms with Gasteiger partial charge in [-0.15, -0.1) is 0 Å². The number of halogens is 5. The van der Waals surface area contributed by atoms with E-state index in [9.17, 15) is 23.6 Å². The average molecular weight is 659 g/mol. The van der Waals surface area contributed by atoms with E-state index in [2.05, 4.69) is 22.6 Å². The second-order valence-electron chi connectivity index (χ2n) is 11.1. The molecule has 2 N–H and O–H groups in total. The SMILES string of the molecule is C=CC(=O)N1CCN(c2c(C#N)c(=O)n(C3C(C(C)C)=NC=C[C@H]3C)c3nc(-c4c(N)c(Cl)c(F)c(F)c4F)c(Cl)cc23)CC1. The number of hydrogen-bond donors (Lipinski definition) is 1. The van der Waals surface area contributed by atoms with Crippen LogP contribution in [0.3, 0.4) is 0 Å². The molecule has 1 fully saturated rings. The predicted octanol–water partition coefficient (Wildman–Crippen LogP) is 5.88. The summed E-state index contributed by atoms with van der Waals surface area (Å²) in [6, 6.07) is 2.72. The van der Waals surface area contributed by atoms with E-state index in [-0.39, 0.29) is 76.9 Å². The Morgan fingerprint density at radius 3 is 2.44 bits per heavy atom. The van der Waals surface area contributed by atoms with Crippen LogP contribution in [0.5, 0.6) is 0 Å². The van der Waals surface area contributed by atoms with Crippen molar-refractivity contribution >= 4 is 57.2 Å². The number of benzene rings is 1. The number of carbonyl (C=O) groups is 1. The Hall–Kier alpha value is -4.34. The van der Waals surface area contributed by atoms with Crippen molar-refractivity contribution in [2.75, 3.05) is 36.8 Å². The lowest BCUT2D eigenvalue weighted by molar-refractivity contribution is -0.126. The molecule has 9 nitrogen and oxygen atoms in total. The van der Waals surface area contributed by atoms with Gasteiger partial charge in [-0.2, -0.15) is 5.26 Å². The van der Waals surface area contributed by atoms with Crippen LogP contribution < -0.4 is 16.2 Å². The predicted molar refractivity (Wildman–Crippen MR) is 169 cm³/mol. The third-order valence-electron chi connectivity index (χ3n) is 8.13. The zero-order chi connectivity index (χ0) is 32.9. The standard InChI is InChI=1S/C31H28Cl2F3N7O2/c1-5-19(44)41-8-10-42(11-9-41)29-16-12-18(32)27(20-22(34)24(36)23(35)21(33)25(20)38)40-30(16)43(31(45)17(29)13-37)28-15(4)6-7-39-26(28)14(2)3/h5-7,12,14-15,28H,1,8-11,38H2,2-4H3/t15-,28?/m1/s1. The van der Waals surface area contributed by atoms with Gasteiger partial charge in [-0.1, -0.05) is 56.6 Å². The molecule has 5 rings (SSSR count). The second-order valence-corrected chi connectivity index (χ2v) is 11.9. The van der Waals surface area contributed by atoms with E-state index >= 15 is 4.39 Å². The molecular weight excluding hydrogens is 630 g/mol. The Kier molecular flexibility index (Phi) is 8.70. The van der Waals surface area contributed by atoms with Crippen LogP contribution in [0.15, 0.2) is 40.8 Å². The van der Waals surface area contributed by atoms with Crippen molar-refractivity contribution in [3.05, 3.63) is 74.4 Å². The molecule has 3 aromatic rings. The molecule has 45 heavy (non-hydrogen) atoms. The molecule has 234 valence electrons. The number of carbonyl (C=O) groups excluding carboxylic acids is 1. The lowest BCUT2D eigenvalue weighted by Crippen LogP contribution is -2.49. The normalized spacial score (nSPS) is 18.4. The third kappa shape index (κ3) is 5.23. The summed E-state index contributed by atoms with van der Waals surface area (Å²) in [5.41, 5.74) is 4.22. The summed E-state index contributed by atoms with van der Waals surface area (Å²) >= 11 is 12.6. The second kappa shape index (κ2) is 12.2. The number of nitriles is 1. The van der Waals surface area contributed by atoms with E-state index < -0.39 is 45.3 Å². The monoisotopic (exact) mass is 657 g/mol. The summed E-state index contributed by atoms with van der Waals surface area (Å²) in [4.78, 5) is 39.1. The van der Waals surface area contributed by atoms with Crippen molar-refractivity contribution in [2.24, 2.45) is 16.8 Å². The number of rotatable bonds is 5. The van der Waals surface area contributed by atoms with Crippen LogP contribution in [-0.2, 0) is 4.79 Å². The van der Waals surface area contributed by atoms with Gasteiger partial charge in [-0.05, 0) is 18.1 Å². The molecule has 0 saturated carbocycles. The summed E-state index contributed by atoms with van der Waals surface area (Å²) in [5, 5.41) is 9.56. The topological polar surface area (TPSA) is 121 Å². The highest BCUT2D eigenvalue weighted by molar-refractivity contribution is 6.36. The maximum atomic E-state index is 15.3. The van der Waals surface area contributed by atoms with E-state index in [0.29, 0.717) is 5.71 Å². The zero-order valence-electron chi connectivity index (χ0n) is 24.5. The fraction of sp³-hybridized carbons (Fsp3) is 0.323. The quantitative estimate of drug-likeness (QED) is 0.158. The molecule has 0 bridgehead atoms. The van der Waals surface area contributed by atoms with Crippen molar-refractivity contribution in [3.63, 3.8) is 0 Å². The van der Waals surface area contributed by atoms with Crippen molar-refractivity contribution in [1.82, 2.24) is 14.5 Å². The molecule has 0 radical (unpaired) electrons. The molecule has 2 aliphatic rings. The number of nitrogens with two attached hydrogens (primary N) is 1. The molecule has 1 aromatic carbocycles. The molecular formula is C31H28Cl2F3N7O2. The summed E-state index contributed by atoms with van der Waals surface area (Å²) in [6.45, 7) is 10.3. The molecule has 1 unspecified atom stereocenters. The number of nitrogens with zero attached hydrogens (tertiary/aromatic N) is 6. The van der Waals surface area contributed by atoms with Gasteiger partial charge in [-0.25, -0.2) is 18.2 Å². The van der Waals surface area contributed by atoms with Gasteiger partial charge in [0.25, 0.3) is 5.56 Å². The van der Waals surface area contributed by atoms with Crippen molar-refractivity contribution in [3.8, 4) is 17.3 Å². The Balaban J connectivity index is 1.88. The molecule has 14 heteroatoms. The minimum Gasteiger partial charge on any atom is -0.397 e. The Morgan fingerprint density at radius 2 is 1.84 bits per heavy atom. The highest BCUT2D eigenvalue weighted by atomic mass is 35.5. The van der Waals surface area contributed by atoms with Crippen LogP contribution in [0.2, 0.25) is 10.0 Å². The van der Waals surface area contributed by atoms with Gasteiger partial charge in [0.2, 0.25) is 5.91 Å². The highest BCUT2D eigenvalue weighted by Crippen LogP contribution is 2.43. The molecule has 0 spiro atoms. The van der Waals surface area contributed by atoms with Crippen LogP contribution in [-0.4, -0.2) is 52.2 Å². The van der Waals surface area contributed by atoms with Gasteiger partial charge >= 0.3 is 0 Å². The number of anilines is 2. The number of allylic oxidation sites excluding steroid dienone is 1. The number of fused-ring (bicyclic) bond motifs is 1. The number of pyridine rings is 2. The molecule has 2 atom stereocenters. The van der Waals surface area contributed by atoms with E-state index in [1.165, 1.54) is 16.7 Å². The van der Waals surface area contributed by atoms with E-state index in [1.54, 1.807) is 22.1 Å². The fourth-order valence-electron chi connectivity index (χ4n) is 5.89. The molecule has 0 aliphatic carbocycles. The van der Waals surface area contributed by atoms with Crippen molar-refractivity contribution in [1.29, 1.82) is 5.26 Å². The number of aromatic nitrogens is 2. The number of piperazine rings is 1. The van der Waals surface area contributed by atoms with Gasteiger partial charge in [-0.3, -0.25) is 19.1 Å². The number of hydrogen-bond acceptors (Lipinski definition) is 7. The lowest BCUT2D eigenvalue weighted by atomic mass is 9.88. The first-order chi connectivity index (χ1) is 21.3. The van der Waals surface area contributed by atoms with Gasteiger partial charge in [0.15, 0.2) is 17.5 Å². The molecule has 2 aliphatic heterocycles. The summed E-state index contributed by atoms with van der Waals surface area (Å²) in [7, 11) is 0. The average Bonchev–Trinajstić information content (AvgIpc) is 3.02. The van der Waals surface area contributed by atoms with E-state index in [4.69, 9.17) is 28.9 Å². The first-order valence-corrected chi connectivity index (χ1v) is 14.8. The number of aliphatic imine (C=N–C) groups is 1. The van der Waals surface area contributed by atoms with Crippen LogP contribution in [0.1, 0.15) is 32.4 Å². The minimum atomic E-state index is -1.87. The summed E-state index contributed by atoms with van der Waals surface area (Å²) in [6.07, 6.45) is 4.65. The van der Waals surface area contributed by atoms with Crippen LogP contribution in [0.25, 0.3) is 22.3 Å². The van der Waals surface area contributed by atoms with Crippen LogP contribution >= 0.6 is 23.2 Å². The number of nitrogen functional groups attached to an aromatic ring is 1. The van der Waals surface area contributed by atoms with Crippen LogP contribution in [0.4, 0.5) is 24.5 Å². The van der Waals surface area contributed by atoms with Gasteiger partial charge in [0, 0.05) is 49.4 Å². The fourth-order valence-corrected chi connectivity index (χ4v) is 6.31. The first kappa shape index (κ1) is 32.1. The Bertz CT molecular complexity index is 1900. The van der Waals surface area contributed by atoms with Crippen LogP contribution in [0, 0.1) is 40.6 Å². The zero-order valence-corrected chi connectivity index (χ0v) is 26.1. The third-order valence-corrected chi connectivity index (χ3v) is 8.78. The molecule has 1 saturated heterocycles. The molecule has 1 amide bonds. The summed E-state index contributed by atoms with van der Waals surface area (Å²) < 4.78 is 45.5. The Labute approximate surface area is 266 Å². The van der Waals surface area contributed by atoms with E-state index in [1.807, 2.05) is 20.8 Å². The largest absolute Gasteiger partial charge is 0.397 e. The smallest absolute Gasteiger partial charge is 0.272 e. The van der Waals surface area contributed by atoms with E-state index in [0.717, 1.165) is 0 Å². The Morgan fingerprint density at radius 1 is 1.18 bits per heavy atom. The summed E-state index contributed by atoms with van der Waals surface area (Å²) in [5.74, 6) is -5.88. The minimum absolute atomic E-state index is 0.0156. The van der Waals surface area contributed by atoms with Crippen molar-refractivity contribution < 1.29 is 18.0 Å². The molecule has 4 heterocycles. The highest BCUT2D eigenvalue weighted by Gasteiger charge is 2.35. The van der Waals surface area contributed by atoms with Gasteiger partial charge in [0.1, 0.15) is 22.3 Å². The lowest BCUT2D eigenvalue weighted by Gasteiger charge is -2.37. The number of amides is 1. The van der Waals surface area contributed by atoms with Crippen molar-refractivity contribution in [2.45, 2.75) is 26.8 Å². The van der Waals surface area contributed by atoms with Gasteiger partial charge < -0.3 is 15.5 Å². The maximum Gasteiger partial charge on any atom is 0.272 e. The molecule has 2 aromatic heterocycles. The van der Waals surface area contributed by atoms with Gasteiger partial charge in [0.05, 0.1) is 33.7 Å².